The van der Waals surface area contributed by atoms with Crippen LogP contribution >= 0.6 is 47.3 Å². The molecule has 20 heteroatoms. The first-order chi connectivity index (χ1) is 18.2. The normalized spacial score (nSPS) is 18.4. The van der Waals surface area contributed by atoms with E-state index in [0.29, 0.717) is 10.7 Å². The molecule has 2 aromatic heterocycles. The summed E-state index contributed by atoms with van der Waals surface area (Å²) in [5, 5.41) is 37.1. The zero-order valence-corrected chi connectivity index (χ0v) is 22.7. The summed E-state index contributed by atoms with van der Waals surface area (Å²) in [5.74, 6) is -1.26. The third kappa shape index (κ3) is 6.42. The lowest BCUT2D eigenvalue weighted by atomic mass is 10.0. The number of fused-ring (bicyclic) bond motifs is 1. The van der Waals surface area contributed by atoms with Gasteiger partial charge in [0.2, 0.25) is 11.8 Å². The van der Waals surface area contributed by atoms with Crippen LogP contribution in [0, 0.1) is 12.3 Å². The highest BCUT2D eigenvalue weighted by Gasteiger charge is 2.54. The van der Waals surface area contributed by atoms with Crippen LogP contribution in [0.1, 0.15) is 5.69 Å². The first-order valence-corrected chi connectivity index (χ1v) is 13.3. The number of carboxylic acids is 2. The van der Waals surface area contributed by atoms with Gasteiger partial charge in [-0.15, -0.1) is 47.0 Å². The van der Waals surface area contributed by atoms with E-state index < -0.39 is 41.8 Å². The van der Waals surface area contributed by atoms with Crippen molar-refractivity contribution in [3.63, 3.8) is 0 Å². The number of nitrogens with zero attached hydrogens (tertiary/aromatic N) is 7. The van der Waals surface area contributed by atoms with Crippen molar-refractivity contribution >= 4 is 81.9 Å². The van der Waals surface area contributed by atoms with Crippen LogP contribution in [0.25, 0.3) is 0 Å². The number of nitrogens with one attached hydrogen (secondary N) is 1. The van der Waals surface area contributed by atoms with Crippen molar-refractivity contribution in [2.24, 2.45) is 5.16 Å². The lowest BCUT2D eigenvalue weighted by molar-refractivity contribution is -0.150. The number of nitrogens with two attached hydrogens (primary N) is 1. The van der Waals surface area contributed by atoms with Gasteiger partial charge in [-0.3, -0.25) is 14.5 Å². The van der Waals surface area contributed by atoms with Gasteiger partial charge in [0, 0.05) is 16.9 Å². The number of halogens is 1. The minimum absolute atomic E-state index is 0. The molecule has 4 heterocycles. The number of tetrazole rings is 1. The first-order valence-electron chi connectivity index (χ1n) is 10.4. The van der Waals surface area contributed by atoms with Crippen molar-refractivity contribution in [1.82, 2.24) is 35.4 Å². The largest absolute Gasteiger partial charge is 0.479 e. The van der Waals surface area contributed by atoms with E-state index in [1.807, 2.05) is 0 Å². The fourth-order valence-corrected chi connectivity index (χ4v) is 6.30. The van der Waals surface area contributed by atoms with Gasteiger partial charge >= 0.3 is 11.9 Å². The number of carbonyl (C=O) groups excluding carboxylic acids is 2. The lowest BCUT2D eigenvalue weighted by Crippen LogP contribution is -2.71. The zero-order chi connectivity index (χ0) is 27.4. The van der Waals surface area contributed by atoms with Gasteiger partial charge < -0.3 is 26.1 Å². The number of aliphatic carboxylic acids is 2. The third-order valence-electron chi connectivity index (χ3n) is 4.98. The highest BCUT2D eigenvalue weighted by molar-refractivity contribution is 8.01. The second-order valence-corrected chi connectivity index (χ2v) is 10.3. The minimum Gasteiger partial charge on any atom is -0.479 e. The fourth-order valence-electron chi connectivity index (χ4n) is 3.39. The van der Waals surface area contributed by atoms with E-state index in [1.54, 1.807) is 0 Å². The molecule has 0 saturated carbocycles. The molecule has 2 aromatic rings. The van der Waals surface area contributed by atoms with Crippen LogP contribution in [0.4, 0.5) is 5.13 Å². The molecule has 2 amide bonds. The van der Waals surface area contributed by atoms with Gasteiger partial charge in [-0.05, 0) is 16.0 Å². The average Bonchev–Trinajstić information content (AvgIpc) is 3.51. The highest BCUT2D eigenvalue weighted by Crippen LogP contribution is 2.41. The van der Waals surface area contributed by atoms with Crippen LogP contribution < -0.4 is 11.1 Å². The summed E-state index contributed by atoms with van der Waals surface area (Å²) in [6, 6.07) is -1.07. The van der Waals surface area contributed by atoms with Crippen LogP contribution in [-0.2, 0) is 30.6 Å². The summed E-state index contributed by atoms with van der Waals surface area (Å²) in [4.78, 5) is 58.5. The average molecular weight is 616 g/mol. The summed E-state index contributed by atoms with van der Waals surface area (Å²) in [7, 11) is 0. The van der Waals surface area contributed by atoms with Gasteiger partial charge in [0.05, 0.1) is 0 Å². The molecule has 206 valence electrons. The molecule has 0 aliphatic carbocycles. The second kappa shape index (κ2) is 12.8. The fraction of sp³-hybridized carbons (Fsp3) is 0.316. The summed E-state index contributed by atoms with van der Waals surface area (Å²) in [6.07, 6.45) is 5.30. The predicted octanol–water partition coefficient (Wildman–Crippen LogP) is -0.897. The van der Waals surface area contributed by atoms with Gasteiger partial charge in [-0.1, -0.05) is 22.8 Å². The molecule has 2 aliphatic heterocycles. The van der Waals surface area contributed by atoms with Crippen molar-refractivity contribution < 1.29 is 34.2 Å². The number of β-lactam (4-membered cyclic amide) rings is 1. The molecule has 4 rings (SSSR count). The molecule has 0 radical (unpaired) electrons. The maximum atomic E-state index is 13.0. The van der Waals surface area contributed by atoms with Crippen molar-refractivity contribution in [3.05, 3.63) is 22.3 Å². The number of carboxylic acid groups (broad SMARTS) is 2. The monoisotopic (exact) mass is 615 g/mol. The first kappa shape index (κ1) is 29.7. The molecule has 39 heavy (non-hydrogen) atoms. The number of thioether (sulfide) groups is 2. The van der Waals surface area contributed by atoms with Crippen molar-refractivity contribution in [1.29, 1.82) is 0 Å². The highest BCUT2D eigenvalue weighted by atomic mass is 35.5. The number of anilines is 1. The maximum Gasteiger partial charge on any atom is 0.352 e. The molecule has 1 unspecified atom stereocenters. The summed E-state index contributed by atoms with van der Waals surface area (Å²) >= 11 is 3.46. The molecule has 16 nitrogen and oxygen atoms in total. The van der Waals surface area contributed by atoms with Crippen molar-refractivity contribution in [2.45, 2.75) is 23.1 Å². The third-order valence-corrected chi connectivity index (χ3v) is 8.03. The molecule has 0 spiro atoms. The summed E-state index contributed by atoms with van der Waals surface area (Å²) in [6.45, 7) is -0.670. The second-order valence-electron chi connectivity index (χ2n) is 7.41. The van der Waals surface area contributed by atoms with E-state index in [-0.39, 0.29) is 52.7 Å². The Kier molecular flexibility index (Phi) is 9.74. The van der Waals surface area contributed by atoms with E-state index in [4.69, 9.17) is 17.3 Å². The number of amides is 2. The Hall–Kier alpha value is -3.86. The Bertz CT molecular complexity index is 1400. The standard InChI is InChI=1S/C19H17N9O7S3.ClH/c1-2-3-27-19(23-25-26-27)38-6-8-5-36-16-12(15(32)28(16)13(8)17(33)34)22-14(31)11(24-35-4-10(29)30)9-7-37-18(20)21-9;/h1,7,12,16H,3-6H2,(H2,20,21)(H,22,31)(H,29,30)(H,33,34);1H/t12?,16-;/m1./s1. The minimum atomic E-state index is -1.32. The van der Waals surface area contributed by atoms with E-state index in [2.05, 4.69) is 41.7 Å². The Balaban J connectivity index is 0.00000420. The Morgan fingerprint density at radius 2 is 2.15 bits per heavy atom. The smallest absolute Gasteiger partial charge is 0.352 e. The van der Waals surface area contributed by atoms with Gasteiger partial charge in [0.15, 0.2) is 10.8 Å². The predicted molar refractivity (Wildman–Crippen MR) is 141 cm³/mol. The van der Waals surface area contributed by atoms with E-state index >= 15 is 0 Å². The molecule has 1 fully saturated rings. The molecule has 0 aromatic carbocycles. The van der Waals surface area contributed by atoms with E-state index in [9.17, 15) is 24.3 Å². The van der Waals surface area contributed by atoms with Crippen molar-refractivity contribution in [2.75, 3.05) is 23.8 Å². The van der Waals surface area contributed by atoms with Crippen LogP contribution in [0.3, 0.4) is 0 Å². The number of nitrogen functional groups attached to an aromatic ring is 1. The molecule has 5 N–H and O–H groups in total. The number of hydrogen-bond donors (Lipinski definition) is 4. The summed E-state index contributed by atoms with van der Waals surface area (Å²) < 4.78 is 1.39. The topological polar surface area (TPSA) is 228 Å². The SMILES string of the molecule is C#CCn1nnnc1SCC1=C(C(=O)O)N2C(=O)C(NC(=O)C(=NOCC(=O)O)c3csc(N)n3)[C@H]2SC1.Cl. The number of terminal acetylenes is 1. The number of aromatic nitrogens is 5. The quantitative estimate of drug-likeness (QED) is 0.0790. The number of carbonyl (C=O) groups is 4. The van der Waals surface area contributed by atoms with Crippen LogP contribution in [0.2, 0.25) is 0 Å². The molecule has 2 aliphatic rings. The van der Waals surface area contributed by atoms with Gasteiger partial charge in [-0.25, -0.2) is 19.3 Å². The van der Waals surface area contributed by atoms with Crippen molar-refractivity contribution in [3.8, 4) is 12.3 Å². The van der Waals surface area contributed by atoms with E-state index in [0.717, 1.165) is 16.2 Å². The summed E-state index contributed by atoms with van der Waals surface area (Å²) in [5.41, 5.74) is 5.54. The Morgan fingerprint density at radius 1 is 1.38 bits per heavy atom. The number of rotatable bonds is 11. The maximum absolute atomic E-state index is 13.0. The van der Waals surface area contributed by atoms with Gasteiger partial charge in [0.1, 0.15) is 29.4 Å². The molecule has 0 bridgehead atoms. The van der Waals surface area contributed by atoms with Crippen LogP contribution in [-0.4, -0.2) is 99.3 Å². The van der Waals surface area contributed by atoms with Crippen LogP contribution in [0.15, 0.2) is 27.0 Å². The van der Waals surface area contributed by atoms with Gasteiger partial charge in [-0.2, -0.15) is 0 Å². The van der Waals surface area contributed by atoms with Gasteiger partial charge in [0.25, 0.3) is 11.8 Å². The Labute approximate surface area is 237 Å². The Morgan fingerprint density at radius 3 is 2.79 bits per heavy atom. The molecule has 1 saturated heterocycles. The van der Waals surface area contributed by atoms with E-state index in [1.165, 1.54) is 33.6 Å². The number of hydrogen-bond acceptors (Lipinski definition) is 14. The zero-order valence-electron chi connectivity index (χ0n) is 19.4. The van der Waals surface area contributed by atoms with Crippen LogP contribution in [0.5, 0.6) is 0 Å². The number of thiazole rings is 1. The molecular formula is C19H18ClN9O7S3. The molecule has 2 atom stereocenters. The molecular weight excluding hydrogens is 598 g/mol. The number of oxime groups is 1. The lowest BCUT2D eigenvalue weighted by Gasteiger charge is -2.49.